The van der Waals surface area contributed by atoms with Gasteiger partial charge in [-0.25, -0.2) is 0 Å². The molecule has 0 aromatic carbocycles. The largest absolute Gasteiger partial charge is 0.303 e. The van der Waals surface area contributed by atoms with Crippen molar-refractivity contribution in [3.8, 4) is 0 Å². The molecule has 0 aromatic rings. The fourth-order valence-corrected chi connectivity index (χ4v) is 4.81. The van der Waals surface area contributed by atoms with Crippen LogP contribution in [0.1, 0.15) is 96.8 Å². The monoisotopic (exact) mass is 292 g/mol. The third-order valence-corrected chi connectivity index (χ3v) is 6.15. The van der Waals surface area contributed by atoms with Crippen LogP contribution in [0.15, 0.2) is 0 Å². The van der Waals surface area contributed by atoms with E-state index in [1.54, 1.807) is 0 Å². The lowest BCUT2D eigenvalue weighted by molar-refractivity contribution is -0.112. The van der Waals surface area contributed by atoms with Gasteiger partial charge in [-0.05, 0) is 49.9 Å². The Labute approximate surface area is 132 Å². The van der Waals surface area contributed by atoms with Crippen molar-refractivity contribution in [3.63, 3.8) is 0 Å². The van der Waals surface area contributed by atoms with Gasteiger partial charge in [-0.15, -0.1) is 0 Å². The van der Waals surface area contributed by atoms with Crippen LogP contribution in [0, 0.1) is 23.7 Å². The van der Waals surface area contributed by atoms with E-state index >= 15 is 0 Å². The van der Waals surface area contributed by atoms with Crippen LogP contribution in [-0.4, -0.2) is 6.29 Å². The van der Waals surface area contributed by atoms with Crippen molar-refractivity contribution in [2.45, 2.75) is 96.8 Å². The molecule has 2 aliphatic rings. The zero-order chi connectivity index (χ0) is 14.9. The predicted octanol–water partition coefficient (Wildman–Crippen LogP) is 6.16. The molecule has 0 amide bonds. The van der Waals surface area contributed by atoms with E-state index in [0.29, 0.717) is 5.92 Å². The van der Waals surface area contributed by atoms with Crippen LogP contribution in [0.25, 0.3) is 0 Å². The average molecular weight is 293 g/mol. The van der Waals surface area contributed by atoms with E-state index in [-0.39, 0.29) is 0 Å². The number of hydrogen-bond donors (Lipinski definition) is 0. The average Bonchev–Trinajstić information content (AvgIpc) is 2.53. The van der Waals surface area contributed by atoms with Crippen LogP contribution in [-0.2, 0) is 4.79 Å². The molecular weight excluding hydrogens is 256 g/mol. The topological polar surface area (TPSA) is 17.1 Å². The lowest BCUT2D eigenvalue weighted by atomic mass is 9.77. The predicted molar refractivity (Wildman–Crippen MR) is 90.3 cm³/mol. The molecule has 0 aliphatic heterocycles. The van der Waals surface area contributed by atoms with Crippen LogP contribution in [0.5, 0.6) is 0 Å². The van der Waals surface area contributed by atoms with E-state index in [9.17, 15) is 4.79 Å². The van der Waals surface area contributed by atoms with E-state index < -0.39 is 0 Å². The van der Waals surface area contributed by atoms with Crippen molar-refractivity contribution in [2.75, 3.05) is 0 Å². The first-order valence-corrected chi connectivity index (χ1v) is 9.77. The van der Waals surface area contributed by atoms with Crippen molar-refractivity contribution >= 4 is 6.29 Å². The number of aldehydes is 1. The van der Waals surface area contributed by atoms with Gasteiger partial charge in [-0.1, -0.05) is 64.7 Å². The third-order valence-electron chi connectivity index (χ3n) is 6.15. The molecule has 0 saturated heterocycles. The highest BCUT2D eigenvalue weighted by Gasteiger charge is 2.22. The van der Waals surface area contributed by atoms with Gasteiger partial charge in [0.25, 0.3) is 0 Å². The van der Waals surface area contributed by atoms with Gasteiger partial charge >= 0.3 is 0 Å². The highest BCUT2D eigenvalue weighted by atomic mass is 16.1. The molecule has 122 valence electrons. The Balaban J connectivity index is 1.52. The lowest BCUT2D eigenvalue weighted by Crippen LogP contribution is -2.16. The van der Waals surface area contributed by atoms with Gasteiger partial charge in [0.15, 0.2) is 0 Å². The standard InChI is InChI=1S/C20H36O/c1-2-6-18-9-5-10-19(15-18)8-4-3-7-17-11-13-20(16-21)14-12-17/h16-20H,2-15H2,1H3. The van der Waals surface area contributed by atoms with Crippen molar-refractivity contribution < 1.29 is 4.79 Å². The van der Waals surface area contributed by atoms with Crippen LogP contribution in [0.4, 0.5) is 0 Å². The first kappa shape index (κ1) is 17.0. The molecule has 2 rings (SSSR count). The van der Waals surface area contributed by atoms with Gasteiger partial charge in [0.05, 0.1) is 0 Å². The summed E-state index contributed by atoms with van der Waals surface area (Å²) in [5.74, 6) is 3.41. The Morgan fingerprint density at radius 3 is 2.05 bits per heavy atom. The summed E-state index contributed by atoms with van der Waals surface area (Å²) in [6, 6.07) is 0. The van der Waals surface area contributed by atoms with E-state index in [2.05, 4.69) is 6.92 Å². The molecule has 0 spiro atoms. The molecule has 1 nitrogen and oxygen atoms in total. The number of rotatable bonds is 8. The number of carbonyl (C=O) groups excluding carboxylic acids is 1. The summed E-state index contributed by atoms with van der Waals surface area (Å²) in [5, 5.41) is 0. The fraction of sp³-hybridized carbons (Fsp3) is 0.950. The summed E-state index contributed by atoms with van der Waals surface area (Å²) >= 11 is 0. The lowest BCUT2D eigenvalue weighted by Gasteiger charge is -2.29. The number of hydrogen-bond acceptors (Lipinski definition) is 1. The highest BCUT2D eigenvalue weighted by molar-refractivity contribution is 5.53. The maximum atomic E-state index is 10.8. The summed E-state index contributed by atoms with van der Waals surface area (Å²) < 4.78 is 0. The molecule has 0 bridgehead atoms. The summed E-state index contributed by atoms with van der Waals surface area (Å²) in [4.78, 5) is 10.8. The molecular formula is C20H36O. The first-order valence-electron chi connectivity index (χ1n) is 9.77. The quantitative estimate of drug-likeness (QED) is 0.387. The van der Waals surface area contributed by atoms with E-state index in [0.717, 1.165) is 30.6 Å². The summed E-state index contributed by atoms with van der Waals surface area (Å²) in [5.41, 5.74) is 0. The minimum absolute atomic E-state index is 0.388. The highest BCUT2D eigenvalue weighted by Crippen LogP contribution is 2.35. The van der Waals surface area contributed by atoms with E-state index in [1.165, 1.54) is 83.3 Å². The molecule has 2 unspecified atom stereocenters. The van der Waals surface area contributed by atoms with Gasteiger partial charge in [0, 0.05) is 5.92 Å². The number of carbonyl (C=O) groups is 1. The van der Waals surface area contributed by atoms with E-state index in [4.69, 9.17) is 0 Å². The van der Waals surface area contributed by atoms with Gasteiger partial charge in [0.2, 0.25) is 0 Å². The van der Waals surface area contributed by atoms with Crippen molar-refractivity contribution in [1.82, 2.24) is 0 Å². The normalized spacial score (nSPS) is 33.8. The fourth-order valence-electron chi connectivity index (χ4n) is 4.81. The summed E-state index contributed by atoms with van der Waals surface area (Å²) in [7, 11) is 0. The second-order valence-corrected chi connectivity index (χ2v) is 7.89. The van der Waals surface area contributed by atoms with Crippen molar-refractivity contribution in [1.29, 1.82) is 0 Å². The van der Waals surface area contributed by atoms with Crippen molar-refractivity contribution in [3.05, 3.63) is 0 Å². The SMILES string of the molecule is CCCC1CCCC(CCCCC2CCC(C=O)CC2)C1. The van der Waals surface area contributed by atoms with Gasteiger partial charge in [-0.2, -0.15) is 0 Å². The minimum Gasteiger partial charge on any atom is -0.303 e. The Kier molecular flexibility index (Phi) is 7.82. The second-order valence-electron chi connectivity index (χ2n) is 7.89. The molecule has 2 fully saturated rings. The second kappa shape index (κ2) is 9.64. The Morgan fingerprint density at radius 2 is 1.43 bits per heavy atom. The van der Waals surface area contributed by atoms with Crippen molar-refractivity contribution in [2.24, 2.45) is 23.7 Å². The van der Waals surface area contributed by atoms with Crippen LogP contribution in [0.3, 0.4) is 0 Å². The van der Waals surface area contributed by atoms with Crippen LogP contribution < -0.4 is 0 Å². The zero-order valence-corrected chi connectivity index (χ0v) is 14.2. The summed E-state index contributed by atoms with van der Waals surface area (Å²) in [6.45, 7) is 2.34. The molecule has 2 saturated carbocycles. The van der Waals surface area contributed by atoms with Crippen LogP contribution >= 0.6 is 0 Å². The molecule has 2 atom stereocenters. The molecule has 21 heavy (non-hydrogen) atoms. The molecule has 1 heteroatoms. The van der Waals surface area contributed by atoms with Gasteiger partial charge < -0.3 is 4.79 Å². The zero-order valence-electron chi connectivity index (χ0n) is 14.2. The smallest absolute Gasteiger partial charge is 0.123 e. The molecule has 0 heterocycles. The molecule has 0 N–H and O–H groups in total. The Hall–Kier alpha value is -0.330. The van der Waals surface area contributed by atoms with Gasteiger partial charge in [-0.3, -0.25) is 0 Å². The third kappa shape index (κ3) is 6.12. The summed E-state index contributed by atoms with van der Waals surface area (Å²) in [6.07, 6.45) is 20.8. The Morgan fingerprint density at radius 1 is 0.810 bits per heavy atom. The first-order chi connectivity index (χ1) is 10.3. The maximum Gasteiger partial charge on any atom is 0.123 e. The maximum absolute atomic E-state index is 10.8. The van der Waals surface area contributed by atoms with Gasteiger partial charge in [0.1, 0.15) is 6.29 Å². The Bertz CT molecular complexity index is 276. The number of unbranched alkanes of at least 4 members (excludes halogenated alkanes) is 1. The molecule has 0 aromatic heterocycles. The molecule has 2 aliphatic carbocycles. The molecule has 0 radical (unpaired) electrons. The van der Waals surface area contributed by atoms with E-state index in [1.807, 2.05) is 0 Å². The minimum atomic E-state index is 0.388. The van der Waals surface area contributed by atoms with Crippen LogP contribution in [0.2, 0.25) is 0 Å².